The number of aldehydes is 1. The largest absolute Gasteiger partial charge is 0.361 e. The van der Waals surface area contributed by atoms with Gasteiger partial charge in [0.1, 0.15) is 6.29 Å². The van der Waals surface area contributed by atoms with Gasteiger partial charge in [-0.2, -0.15) is 5.53 Å². The van der Waals surface area contributed by atoms with E-state index in [-0.39, 0.29) is 28.7 Å². The molecule has 1 fully saturated rings. The number of nitrogens with one attached hydrogen (secondary N) is 3. The van der Waals surface area contributed by atoms with Crippen molar-refractivity contribution in [2.45, 2.75) is 31.1 Å². The quantitative estimate of drug-likeness (QED) is 0.529. The molecule has 1 amide bonds. The Hall–Kier alpha value is -2.16. The third-order valence-corrected chi connectivity index (χ3v) is 5.17. The van der Waals surface area contributed by atoms with Crippen molar-refractivity contribution < 1.29 is 14.4 Å². The molecule has 0 saturated carbocycles. The van der Waals surface area contributed by atoms with Crippen molar-refractivity contribution in [1.82, 2.24) is 21.0 Å². The molecule has 1 aliphatic rings. The Labute approximate surface area is 149 Å². The van der Waals surface area contributed by atoms with Gasteiger partial charge in [-0.3, -0.25) is 15.0 Å². The average molecular weight is 360 g/mol. The Kier molecular flexibility index (Phi) is 5.52. The second-order valence-electron chi connectivity index (χ2n) is 6.02. The zero-order chi connectivity index (χ0) is 17.8. The van der Waals surface area contributed by atoms with Crippen LogP contribution in [0, 0.1) is 0 Å². The number of carbonyl (C=O) groups excluding carboxylic acids is 3. The number of hydrazine groups is 2. The highest BCUT2D eigenvalue weighted by molar-refractivity contribution is 8.14. The lowest BCUT2D eigenvalue weighted by Crippen LogP contribution is -2.52. The van der Waals surface area contributed by atoms with E-state index in [1.165, 1.54) is 18.7 Å². The monoisotopic (exact) mass is 360 g/mol. The van der Waals surface area contributed by atoms with Crippen LogP contribution in [0.4, 0.5) is 0 Å². The fourth-order valence-corrected chi connectivity index (χ4v) is 4.03. The molecule has 0 radical (unpaired) electrons. The predicted octanol–water partition coefficient (Wildman–Crippen LogP) is 1.17. The van der Waals surface area contributed by atoms with Gasteiger partial charge >= 0.3 is 0 Å². The van der Waals surface area contributed by atoms with Crippen LogP contribution in [0.3, 0.4) is 0 Å². The first-order valence-corrected chi connectivity index (χ1v) is 8.93. The number of thioether (sulfide) groups is 1. The number of fused-ring (bicyclic) bond motifs is 1. The predicted molar refractivity (Wildman–Crippen MR) is 96.5 cm³/mol. The summed E-state index contributed by atoms with van der Waals surface area (Å²) < 4.78 is 0. The van der Waals surface area contributed by atoms with Gasteiger partial charge in [0.05, 0.1) is 12.5 Å². The van der Waals surface area contributed by atoms with Gasteiger partial charge in [-0.25, -0.2) is 5.01 Å². The van der Waals surface area contributed by atoms with Crippen LogP contribution in [0.2, 0.25) is 0 Å². The van der Waals surface area contributed by atoms with E-state index in [0.717, 1.165) is 22.8 Å². The molecule has 3 N–H and O–H groups in total. The molecule has 132 valence electrons. The van der Waals surface area contributed by atoms with Gasteiger partial charge in [0, 0.05) is 35.8 Å². The fraction of sp³-hybridized carbons (Fsp3) is 0.353. The number of rotatable bonds is 6. The molecule has 0 bridgehead atoms. The van der Waals surface area contributed by atoms with Crippen LogP contribution >= 0.6 is 11.8 Å². The summed E-state index contributed by atoms with van der Waals surface area (Å²) in [6, 6.07) is 7.44. The summed E-state index contributed by atoms with van der Waals surface area (Å²) in [4.78, 5) is 37.8. The third-order valence-electron chi connectivity index (χ3n) is 4.16. The number of aromatic amines is 1. The van der Waals surface area contributed by atoms with Gasteiger partial charge in [-0.1, -0.05) is 30.0 Å². The number of benzene rings is 1. The first-order valence-electron chi connectivity index (χ1n) is 8.05. The number of hydrogen-bond acceptors (Lipinski definition) is 6. The minimum Gasteiger partial charge on any atom is -0.361 e. The smallest absolute Gasteiger partial charge is 0.239 e. The Morgan fingerprint density at radius 3 is 2.96 bits per heavy atom. The van der Waals surface area contributed by atoms with E-state index >= 15 is 0 Å². The maximum atomic E-state index is 12.2. The Balaban J connectivity index is 1.55. The first-order chi connectivity index (χ1) is 12.1. The van der Waals surface area contributed by atoms with Crippen LogP contribution in [0.25, 0.3) is 10.9 Å². The summed E-state index contributed by atoms with van der Waals surface area (Å²) >= 11 is 1.23. The maximum absolute atomic E-state index is 12.2. The SMILES string of the molecule is CC(=O)S[C@H]1C[C@@H](C=O)N(NNC(=O)Cc2c[nH]c3ccccc23)C1. The lowest BCUT2D eigenvalue weighted by atomic mass is 10.1. The van der Waals surface area contributed by atoms with Crippen molar-refractivity contribution in [2.75, 3.05) is 6.54 Å². The number of nitrogens with zero attached hydrogens (tertiary/aromatic N) is 1. The summed E-state index contributed by atoms with van der Waals surface area (Å²) in [5.74, 6) is -0.197. The lowest BCUT2D eigenvalue weighted by molar-refractivity contribution is -0.124. The number of para-hydroxylation sites is 1. The van der Waals surface area contributed by atoms with Crippen molar-refractivity contribution in [3.05, 3.63) is 36.0 Å². The van der Waals surface area contributed by atoms with Gasteiger partial charge in [0.25, 0.3) is 0 Å². The average Bonchev–Trinajstić information content (AvgIpc) is 3.16. The Bertz CT molecular complexity index is 791. The van der Waals surface area contributed by atoms with E-state index in [1.54, 1.807) is 5.01 Å². The highest BCUT2D eigenvalue weighted by Crippen LogP contribution is 2.25. The van der Waals surface area contributed by atoms with E-state index in [9.17, 15) is 14.4 Å². The molecule has 25 heavy (non-hydrogen) atoms. The van der Waals surface area contributed by atoms with Gasteiger partial charge < -0.3 is 9.78 Å². The van der Waals surface area contributed by atoms with Crippen molar-refractivity contribution in [1.29, 1.82) is 0 Å². The van der Waals surface area contributed by atoms with E-state index in [0.29, 0.717) is 13.0 Å². The molecular formula is C17H20N4O3S. The molecule has 1 aromatic heterocycles. The number of carbonyl (C=O) groups is 3. The zero-order valence-electron chi connectivity index (χ0n) is 13.8. The number of aromatic nitrogens is 1. The molecule has 0 unspecified atom stereocenters. The molecule has 2 heterocycles. The molecule has 1 saturated heterocycles. The highest BCUT2D eigenvalue weighted by Gasteiger charge is 2.33. The van der Waals surface area contributed by atoms with E-state index in [2.05, 4.69) is 15.9 Å². The second-order valence-corrected chi connectivity index (χ2v) is 7.50. The fourth-order valence-electron chi connectivity index (χ4n) is 3.03. The maximum Gasteiger partial charge on any atom is 0.239 e. The summed E-state index contributed by atoms with van der Waals surface area (Å²) in [5.41, 5.74) is 7.35. The van der Waals surface area contributed by atoms with Crippen LogP contribution in [0.5, 0.6) is 0 Å². The minimum atomic E-state index is -0.356. The molecule has 1 aromatic carbocycles. The van der Waals surface area contributed by atoms with Crippen molar-refractivity contribution in [3.8, 4) is 0 Å². The minimum absolute atomic E-state index is 0.0277. The summed E-state index contributed by atoms with van der Waals surface area (Å²) in [6.07, 6.45) is 3.47. The summed E-state index contributed by atoms with van der Waals surface area (Å²) in [6.45, 7) is 2.03. The molecule has 0 spiro atoms. The zero-order valence-corrected chi connectivity index (χ0v) is 14.6. The van der Waals surface area contributed by atoms with Gasteiger partial charge in [-0.05, 0) is 18.1 Å². The van der Waals surface area contributed by atoms with Crippen LogP contribution in [-0.4, -0.2) is 45.1 Å². The van der Waals surface area contributed by atoms with E-state index < -0.39 is 0 Å². The van der Waals surface area contributed by atoms with Crippen LogP contribution in [0.15, 0.2) is 30.5 Å². The normalized spacial score (nSPS) is 20.7. The van der Waals surface area contributed by atoms with Crippen molar-refractivity contribution in [3.63, 3.8) is 0 Å². The second kappa shape index (κ2) is 7.81. The lowest BCUT2D eigenvalue weighted by Gasteiger charge is -2.21. The van der Waals surface area contributed by atoms with Gasteiger partial charge in [0.15, 0.2) is 5.12 Å². The summed E-state index contributed by atoms with van der Waals surface area (Å²) in [5, 5.41) is 2.76. The van der Waals surface area contributed by atoms with Gasteiger partial charge in [-0.15, -0.1) is 0 Å². The molecule has 2 aromatic rings. The topological polar surface area (TPSA) is 94.3 Å². The molecular weight excluding hydrogens is 340 g/mol. The number of hydrogen-bond donors (Lipinski definition) is 3. The highest BCUT2D eigenvalue weighted by atomic mass is 32.2. The number of amides is 1. The third kappa shape index (κ3) is 4.28. The molecule has 8 heteroatoms. The van der Waals surface area contributed by atoms with Crippen LogP contribution in [-0.2, 0) is 20.8 Å². The molecule has 2 atom stereocenters. The Morgan fingerprint density at radius 2 is 2.20 bits per heavy atom. The van der Waals surface area contributed by atoms with E-state index in [1.807, 2.05) is 30.5 Å². The van der Waals surface area contributed by atoms with Crippen molar-refractivity contribution in [2.24, 2.45) is 0 Å². The standard InChI is InChI=1S/C17H20N4O3S/c1-11(23)25-14-7-13(10-22)21(9-14)20-19-17(24)6-12-8-18-16-5-3-2-4-15(12)16/h2-5,8,10,13-14,18,20H,6-7,9H2,1H3,(H,19,24)/t13-,14-/m0/s1. The molecule has 1 aliphatic heterocycles. The molecule has 7 nitrogen and oxygen atoms in total. The van der Waals surface area contributed by atoms with E-state index in [4.69, 9.17) is 0 Å². The van der Waals surface area contributed by atoms with Crippen LogP contribution < -0.4 is 11.0 Å². The molecule has 0 aliphatic carbocycles. The van der Waals surface area contributed by atoms with Crippen LogP contribution in [0.1, 0.15) is 18.9 Å². The summed E-state index contributed by atoms with van der Waals surface area (Å²) in [7, 11) is 0. The van der Waals surface area contributed by atoms with Crippen molar-refractivity contribution >= 4 is 40.0 Å². The Morgan fingerprint density at radius 1 is 1.40 bits per heavy atom. The van der Waals surface area contributed by atoms with Gasteiger partial charge in [0.2, 0.25) is 5.91 Å². The number of H-pyrrole nitrogens is 1. The molecule has 3 rings (SSSR count). The first kappa shape index (κ1) is 17.7.